The molecule has 3 aromatic carbocycles. The molecule has 27 heavy (non-hydrogen) atoms. The molecule has 3 N–H and O–H groups in total. The molecule has 2 unspecified atom stereocenters. The number of carbonyl (C=O) groups is 2. The Morgan fingerprint density at radius 1 is 0.926 bits per heavy atom. The normalized spacial score (nSPS) is 19.1. The zero-order valence-electron chi connectivity index (χ0n) is 15.0. The van der Waals surface area contributed by atoms with E-state index in [2.05, 4.69) is 40.4 Å². The highest BCUT2D eigenvalue weighted by atomic mass is 16.2. The highest BCUT2D eigenvalue weighted by molar-refractivity contribution is 5.97. The lowest BCUT2D eigenvalue weighted by molar-refractivity contribution is -0.117. The van der Waals surface area contributed by atoms with Crippen LogP contribution < -0.4 is 16.2 Å². The van der Waals surface area contributed by atoms with Gasteiger partial charge in [-0.15, -0.1) is 0 Å². The number of nitrogens with one attached hydrogen (secondary N) is 3. The van der Waals surface area contributed by atoms with Gasteiger partial charge in [-0.25, -0.2) is 10.9 Å². The van der Waals surface area contributed by atoms with Gasteiger partial charge in [-0.1, -0.05) is 42.5 Å². The topological polar surface area (TPSA) is 70.2 Å². The fourth-order valence-electron chi connectivity index (χ4n) is 3.50. The molecule has 0 radical (unpaired) electrons. The molecule has 1 fully saturated rings. The van der Waals surface area contributed by atoms with Gasteiger partial charge in [0.25, 0.3) is 0 Å². The van der Waals surface area contributed by atoms with Gasteiger partial charge in [-0.05, 0) is 53.9 Å². The smallest absolute Gasteiger partial charge is 0.242 e. The Labute approximate surface area is 157 Å². The first-order valence-electron chi connectivity index (χ1n) is 9.02. The molecule has 5 heteroatoms. The second-order valence-corrected chi connectivity index (χ2v) is 6.82. The highest BCUT2D eigenvalue weighted by Gasteiger charge is 2.30. The van der Waals surface area contributed by atoms with E-state index in [1.807, 2.05) is 18.2 Å². The number of hydrogen-bond donors (Lipinski definition) is 3. The minimum Gasteiger partial charge on any atom is -0.325 e. The monoisotopic (exact) mass is 359 g/mol. The maximum atomic E-state index is 12.6. The average Bonchev–Trinajstić information content (AvgIpc) is 3.18. The lowest BCUT2D eigenvalue weighted by Crippen LogP contribution is -2.39. The van der Waals surface area contributed by atoms with E-state index in [0.717, 1.165) is 0 Å². The predicted molar refractivity (Wildman–Crippen MR) is 106 cm³/mol. The number of hydrogen-bond acceptors (Lipinski definition) is 4. The summed E-state index contributed by atoms with van der Waals surface area (Å²) in [7, 11) is 0. The molecule has 1 aliphatic rings. The average molecular weight is 359 g/mol. The van der Waals surface area contributed by atoms with E-state index in [9.17, 15) is 9.59 Å². The summed E-state index contributed by atoms with van der Waals surface area (Å²) in [6.45, 7) is 1.52. The minimum absolute atomic E-state index is 0.00691. The molecule has 1 amide bonds. The molecular formula is C22H21N3O2. The molecule has 136 valence electrons. The van der Waals surface area contributed by atoms with Gasteiger partial charge in [0.05, 0.1) is 0 Å². The molecule has 1 saturated heterocycles. The van der Waals surface area contributed by atoms with Gasteiger partial charge in [0.15, 0.2) is 5.78 Å². The van der Waals surface area contributed by atoms with E-state index in [4.69, 9.17) is 0 Å². The fourth-order valence-corrected chi connectivity index (χ4v) is 3.50. The molecule has 4 rings (SSSR count). The van der Waals surface area contributed by atoms with Gasteiger partial charge in [0, 0.05) is 17.3 Å². The fraction of sp³-hybridized carbons (Fsp3) is 0.182. The van der Waals surface area contributed by atoms with Crippen LogP contribution in [-0.2, 0) is 4.79 Å². The van der Waals surface area contributed by atoms with Gasteiger partial charge in [-0.3, -0.25) is 9.59 Å². The second-order valence-electron chi connectivity index (χ2n) is 6.82. The second kappa shape index (κ2) is 7.31. The van der Waals surface area contributed by atoms with Crippen molar-refractivity contribution >= 4 is 28.2 Å². The summed E-state index contributed by atoms with van der Waals surface area (Å²) in [4.78, 5) is 23.9. The van der Waals surface area contributed by atoms with Crippen LogP contribution in [0.25, 0.3) is 10.8 Å². The van der Waals surface area contributed by atoms with Crippen molar-refractivity contribution in [2.45, 2.75) is 25.4 Å². The van der Waals surface area contributed by atoms with Crippen LogP contribution in [-0.4, -0.2) is 17.7 Å². The Hall–Kier alpha value is -3.02. The third-order valence-corrected chi connectivity index (χ3v) is 4.98. The first kappa shape index (κ1) is 17.4. The van der Waals surface area contributed by atoms with Crippen LogP contribution in [0.15, 0.2) is 66.7 Å². The van der Waals surface area contributed by atoms with Crippen LogP contribution in [0.4, 0.5) is 5.69 Å². The van der Waals surface area contributed by atoms with Crippen molar-refractivity contribution in [3.63, 3.8) is 0 Å². The quantitative estimate of drug-likeness (QED) is 0.623. The van der Waals surface area contributed by atoms with Crippen LogP contribution in [0, 0.1) is 0 Å². The van der Waals surface area contributed by atoms with Crippen molar-refractivity contribution in [1.82, 2.24) is 10.9 Å². The van der Waals surface area contributed by atoms with Gasteiger partial charge in [0.2, 0.25) is 5.91 Å². The van der Waals surface area contributed by atoms with E-state index >= 15 is 0 Å². The van der Waals surface area contributed by atoms with Crippen LogP contribution in [0.1, 0.15) is 35.3 Å². The Morgan fingerprint density at radius 3 is 2.44 bits per heavy atom. The van der Waals surface area contributed by atoms with Crippen molar-refractivity contribution in [3.05, 3.63) is 77.9 Å². The minimum atomic E-state index is -0.332. The summed E-state index contributed by atoms with van der Waals surface area (Å²) in [6.07, 6.45) is 0.658. The Balaban J connectivity index is 1.46. The van der Waals surface area contributed by atoms with Crippen LogP contribution in [0.3, 0.4) is 0 Å². The third-order valence-electron chi connectivity index (χ3n) is 4.98. The number of fused-ring (bicyclic) bond motifs is 1. The van der Waals surface area contributed by atoms with E-state index in [1.54, 1.807) is 24.3 Å². The molecule has 1 aliphatic heterocycles. The number of carbonyl (C=O) groups excluding carboxylic acids is 2. The largest absolute Gasteiger partial charge is 0.325 e. The first-order valence-corrected chi connectivity index (χ1v) is 9.02. The van der Waals surface area contributed by atoms with E-state index in [-0.39, 0.29) is 23.8 Å². The molecule has 5 nitrogen and oxygen atoms in total. The lowest BCUT2D eigenvalue weighted by atomic mass is 9.96. The van der Waals surface area contributed by atoms with Gasteiger partial charge in [-0.2, -0.15) is 0 Å². The molecular weight excluding hydrogens is 338 g/mol. The number of rotatable bonds is 4. The summed E-state index contributed by atoms with van der Waals surface area (Å²) in [5, 5.41) is 5.29. The van der Waals surface area contributed by atoms with Gasteiger partial charge in [0.1, 0.15) is 6.04 Å². The zero-order chi connectivity index (χ0) is 18.8. The summed E-state index contributed by atoms with van der Waals surface area (Å²) in [5.41, 5.74) is 8.85. The maximum absolute atomic E-state index is 12.6. The number of Topliss-reactive ketones (excluding diaryl/α,β-unsaturated/α-hetero) is 1. The van der Waals surface area contributed by atoms with E-state index < -0.39 is 0 Å². The lowest BCUT2D eigenvalue weighted by Gasteiger charge is -2.13. The van der Waals surface area contributed by atoms with Crippen molar-refractivity contribution in [1.29, 1.82) is 0 Å². The van der Waals surface area contributed by atoms with Crippen molar-refractivity contribution in [2.24, 2.45) is 0 Å². The van der Waals surface area contributed by atoms with Crippen LogP contribution in [0.2, 0.25) is 0 Å². The summed E-state index contributed by atoms with van der Waals surface area (Å²) in [6, 6.07) is 21.2. The summed E-state index contributed by atoms with van der Waals surface area (Å²) >= 11 is 0. The maximum Gasteiger partial charge on any atom is 0.242 e. The zero-order valence-corrected chi connectivity index (χ0v) is 15.0. The number of amides is 1. The highest BCUT2D eigenvalue weighted by Crippen LogP contribution is 2.29. The van der Waals surface area contributed by atoms with Crippen molar-refractivity contribution < 1.29 is 9.59 Å². The summed E-state index contributed by atoms with van der Waals surface area (Å²) in [5.74, 6) is -0.0896. The molecule has 2 atom stereocenters. The first-order chi connectivity index (χ1) is 13.1. The Kier molecular flexibility index (Phi) is 4.71. The molecule has 0 spiro atoms. The SMILES string of the molecule is CC(=O)c1ccc(NC(=O)C2CC(c3cccc4ccccc34)NN2)cc1. The van der Waals surface area contributed by atoms with Gasteiger partial charge >= 0.3 is 0 Å². The molecule has 0 aliphatic carbocycles. The van der Waals surface area contributed by atoms with Crippen LogP contribution >= 0.6 is 0 Å². The number of ketones is 1. The Bertz CT molecular complexity index is 993. The Morgan fingerprint density at radius 2 is 1.67 bits per heavy atom. The standard InChI is InChI=1S/C22H21N3O2/c1-14(26)15-9-11-17(12-10-15)23-22(27)21-13-20(24-25-21)19-8-4-6-16-5-2-3-7-18(16)19/h2-12,20-21,24-25H,13H2,1H3,(H,23,27). The predicted octanol–water partition coefficient (Wildman–Crippen LogP) is 3.59. The molecule has 0 bridgehead atoms. The van der Waals surface area contributed by atoms with Crippen LogP contribution in [0.5, 0.6) is 0 Å². The van der Waals surface area contributed by atoms with E-state index in [0.29, 0.717) is 17.7 Å². The van der Waals surface area contributed by atoms with E-state index in [1.165, 1.54) is 23.3 Å². The third kappa shape index (κ3) is 3.60. The van der Waals surface area contributed by atoms with Gasteiger partial charge < -0.3 is 5.32 Å². The van der Waals surface area contributed by atoms with Crippen molar-refractivity contribution in [2.75, 3.05) is 5.32 Å². The molecule has 3 aromatic rings. The molecule has 0 aromatic heterocycles. The van der Waals surface area contributed by atoms with Crippen molar-refractivity contribution in [3.8, 4) is 0 Å². The number of benzene rings is 3. The summed E-state index contributed by atoms with van der Waals surface area (Å²) < 4.78 is 0. The molecule has 0 saturated carbocycles. The molecule has 1 heterocycles. The number of hydrazine groups is 1. The number of anilines is 1.